The second-order valence-corrected chi connectivity index (χ2v) is 6.41. The van der Waals surface area contributed by atoms with Crippen LogP contribution in [-0.4, -0.2) is 38.9 Å². The number of aromatic nitrogens is 3. The van der Waals surface area contributed by atoms with Crippen molar-refractivity contribution in [3.63, 3.8) is 0 Å². The molecule has 0 saturated carbocycles. The first-order valence-electron chi connectivity index (χ1n) is 8.21. The highest BCUT2D eigenvalue weighted by atomic mass is 16.4. The number of hydrogen-bond donors (Lipinski definition) is 2. The zero-order chi connectivity index (χ0) is 15.8. The molecule has 2 aliphatic rings. The van der Waals surface area contributed by atoms with E-state index < -0.39 is 5.97 Å². The Morgan fingerprint density at radius 3 is 3.13 bits per heavy atom. The number of aryl methyl sites for hydroxylation is 1. The minimum atomic E-state index is -0.875. The summed E-state index contributed by atoms with van der Waals surface area (Å²) >= 11 is 0. The summed E-state index contributed by atoms with van der Waals surface area (Å²) in [6.07, 6.45) is 7.42. The molecule has 2 aromatic rings. The van der Waals surface area contributed by atoms with E-state index >= 15 is 0 Å². The van der Waals surface area contributed by atoms with Gasteiger partial charge in [0.2, 0.25) is 0 Å². The van der Waals surface area contributed by atoms with Crippen molar-refractivity contribution >= 4 is 5.97 Å². The fourth-order valence-electron chi connectivity index (χ4n) is 3.77. The molecule has 0 aromatic carbocycles. The number of rotatable bonds is 3. The van der Waals surface area contributed by atoms with E-state index in [4.69, 9.17) is 0 Å². The largest absolute Gasteiger partial charge is 0.477 e. The first kappa shape index (κ1) is 14.4. The summed E-state index contributed by atoms with van der Waals surface area (Å²) in [5, 5.41) is 17.8. The first-order chi connectivity index (χ1) is 11.2. The highest BCUT2D eigenvalue weighted by Crippen LogP contribution is 2.34. The fourth-order valence-corrected chi connectivity index (χ4v) is 3.77. The van der Waals surface area contributed by atoms with E-state index in [2.05, 4.69) is 15.4 Å². The Balaban J connectivity index is 1.76. The lowest BCUT2D eigenvalue weighted by molar-refractivity contribution is 0.0680. The van der Waals surface area contributed by atoms with Crippen molar-refractivity contribution in [2.75, 3.05) is 13.1 Å². The van der Waals surface area contributed by atoms with Gasteiger partial charge in [-0.15, -0.1) is 0 Å². The number of carboxylic acids is 1. The number of nitrogens with zero attached hydrogens (tertiary/aromatic N) is 3. The monoisotopic (exact) mass is 312 g/mol. The lowest BCUT2D eigenvalue weighted by atomic mass is 9.90. The van der Waals surface area contributed by atoms with Crippen molar-refractivity contribution in [2.24, 2.45) is 5.92 Å². The third-order valence-corrected chi connectivity index (χ3v) is 4.89. The second-order valence-electron chi connectivity index (χ2n) is 6.41. The third kappa shape index (κ3) is 2.53. The van der Waals surface area contributed by atoms with Gasteiger partial charge in [-0.2, -0.15) is 5.10 Å². The number of aromatic carboxylic acids is 1. The van der Waals surface area contributed by atoms with E-state index in [9.17, 15) is 9.90 Å². The molecular weight excluding hydrogens is 292 g/mol. The summed E-state index contributed by atoms with van der Waals surface area (Å²) in [5.74, 6) is -0.430. The Labute approximate surface area is 134 Å². The van der Waals surface area contributed by atoms with Gasteiger partial charge in [0.1, 0.15) is 5.69 Å². The van der Waals surface area contributed by atoms with Crippen molar-refractivity contribution in [2.45, 2.75) is 32.2 Å². The van der Waals surface area contributed by atoms with Gasteiger partial charge in [0.05, 0.1) is 5.69 Å². The molecule has 1 aliphatic carbocycles. The van der Waals surface area contributed by atoms with Crippen LogP contribution in [0.5, 0.6) is 0 Å². The van der Waals surface area contributed by atoms with Gasteiger partial charge in [0, 0.05) is 30.1 Å². The minimum absolute atomic E-state index is 0.369. The van der Waals surface area contributed by atoms with E-state index in [-0.39, 0.29) is 0 Å². The highest BCUT2D eigenvalue weighted by Gasteiger charge is 2.29. The molecule has 0 radical (unpaired) electrons. The number of nitrogens with one attached hydrogen (secondary N) is 1. The van der Waals surface area contributed by atoms with Gasteiger partial charge in [0.15, 0.2) is 0 Å². The van der Waals surface area contributed by atoms with Crippen LogP contribution in [0.3, 0.4) is 0 Å². The van der Waals surface area contributed by atoms with Crippen LogP contribution in [0.25, 0.3) is 11.3 Å². The molecule has 120 valence electrons. The summed E-state index contributed by atoms with van der Waals surface area (Å²) in [6.45, 7) is 2.66. The van der Waals surface area contributed by atoms with Gasteiger partial charge in [-0.1, -0.05) is 0 Å². The van der Waals surface area contributed by atoms with E-state index in [1.165, 1.54) is 0 Å². The Hall–Kier alpha value is -2.21. The maximum Gasteiger partial charge on any atom is 0.354 e. The molecule has 1 saturated heterocycles. The van der Waals surface area contributed by atoms with Crippen LogP contribution in [0, 0.1) is 5.92 Å². The smallest absolute Gasteiger partial charge is 0.354 e. The van der Waals surface area contributed by atoms with Crippen LogP contribution in [0.4, 0.5) is 0 Å². The van der Waals surface area contributed by atoms with Crippen molar-refractivity contribution in [3.8, 4) is 11.3 Å². The molecular formula is C17H20N4O2. The second kappa shape index (κ2) is 5.77. The Kier molecular flexibility index (Phi) is 3.61. The third-order valence-electron chi connectivity index (χ3n) is 4.89. The zero-order valence-electron chi connectivity index (χ0n) is 13.0. The van der Waals surface area contributed by atoms with Gasteiger partial charge < -0.3 is 10.4 Å². The number of carboxylic acid groups (broad SMARTS) is 1. The standard InChI is InChI=1S/C17H20N4O2/c22-17(23)16-14-4-3-12-9-19-7-5-13(12)15(14)20-21(16)10-11-2-1-6-18-8-11/h5,7,9,11,18H,1-4,6,8,10H2,(H,22,23). The van der Waals surface area contributed by atoms with Gasteiger partial charge in [-0.3, -0.25) is 9.67 Å². The molecule has 1 fully saturated rings. The average Bonchev–Trinajstić information content (AvgIpc) is 2.94. The molecule has 23 heavy (non-hydrogen) atoms. The number of piperidine rings is 1. The normalized spacial score (nSPS) is 19.9. The quantitative estimate of drug-likeness (QED) is 0.902. The van der Waals surface area contributed by atoms with Crippen LogP contribution in [0.1, 0.15) is 34.5 Å². The van der Waals surface area contributed by atoms with Crippen LogP contribution in [0.15, 0.2) is 18.5 Å². The van der Waals surface area contributed by atoms with Crippen molar-refractivity contribution in [3.05, 3.63) is 35.3 Å². The first-order valence-corrected chi connectivity index (χ1v) is 8.21. The van der Waals surface area contributed by atoms with E-state index in [0.29, 0.717) is 18.2 Å². The molecule has 0 spiro atoms. The van der Waals surface area contributed by atoms with E-state index in [0.717, 1.165) is 61.2 Å². The van der Waals surface area contributed by atoms with Gasteiger partial charge >= 0.3 is 5.97 Å². The molecule has 3 heterocycles. The number of pyridine rings is 1. The average molecular weight is 312 g/mol. The number of fused-ring (bicyclic) bond motifs is 3. The van der Waals surface area contributed by atoms with Crippen molar-refractivity contribution in [1.82, 2.24) is 20.1 Å². The van der Waals surface area contributed by atoms with Crippen LogP contribution in [-0.2, 0) is 19.4 Å². The lowest BCUT2D eigenvalue weighted by Gasteiger charge is -2.23. The van der Waals surface area contributed by atoms with E-state index in [1.54, 1.807) is 10.9 Å². The zero-order valence-corrected chi connectivity index (χ0v) is 13.0. The molecule has 6 nitrogen and oxygen atoms in total. The molecule has 0 bridgehead atoms. The molecule has 2 aromatic heterocycles. The van der Waals surface area contributed by atoms with Crippen molar-refractivity contribution < 1.29 is 9.90 Å². The SMILES string of the molecule is O=C(O)c1c2c(nn1CC1CCCNC1)-c1ccncc1CC2. The van der Waals surface area contributed by atoms with Crippen LogP contribution >= 0.6 is 0 Å². The van der Waals surface area contributed by atoms with E-state index in [1.807, 2.05) is 12.3 Å². The molecule has 1 atom stereocenters. The molecule has 1 aliphatic heterocycles. The molecule has 0 amide bonds. The van der Waals surface area contributed by atoms with Gasteiger partial charge in [0.25, 0.3) is 0 Å². The van der Waals surface area contributed by atoms with Crippen molar-refractivity contribution in [1.29, 1.82) is 0 Å². The summed E-state index contributed by atoms with van der Waals surface area (Å²) in [5.41, 5.74) is 4.26. The fraction of sp³-hybridized carbons (Fsp3) is 0.471. The predicted molar refractivity (Wildman–Crippen MR) is 85.4 cm³/mol. The molecule has 1 unspecified atom stereocenters. The molecule has 2 N–H and O–H groups in total. The summed E-state index contributed by atoms with van der Waals surface area (Å²) < 4.78 is 1.72. The number of carbonyl (C=O) groups is 1. The van der Waals surface area contributed by atoms with Crippen LogP contribution < -0.4 is 5.32 Å². The maximum absolute atomic E-state index is 11.8. The Morgan fingerprint density at radius 2 is 2.35 bits per heavy atom. The van der Waals surface area contributed by atoms with Gasteiger partial charge in [-0.05, 0) is 56.3 Å². The minimum Gasteiger partial charge on any atom is -0.477 e. The van der Waals surface area contributed by atoms with Crippen LogP contribution in [0.2, 0.25) is 0 Å². The topological polar surface area (TPSA) is 80.0 Å². The summed E-state index contributed by atoms with van der Waals surface area (Å²) in [4.78, 5) is 16.0. The predicted octanol–water partition coefficient (Wildman–Crippen LogP) is 1.74. The Morgan fingerprint density at radius 1 is 1.43 bits per heavy atom. The lowest BCUT2D eigenvalue weighted by Crippen LogP contribution is -2.33. The summed E-state index contributed by atoms with van der Waals surface area (Å²) in [6, 6.07) is 1.94. The molecule has 4 rings (SSSR count). The summed E-state index contributed by atoms with van der Waals surface area (Å²) in [7, 11) is 0. The maximum atomic E-state index is 11.8. The highest BCUT2D eigenvalue weighted by molar-refractivity contribution is 5.90. The number of hydrogen-bond acceptors (Lipinski definition) is 4. The molecule has 6 heteroatoms. The van der Waals surface area contributed by atoms with Gasteiger partial charge in [-0.25, -0.2) is 4.79 Å². The Bertz CT molecular complexity index is 747.